The van der Waals surface area contributed by atoms with Gasteiger partial charge in [0.2, 0.25) is 5.91 Å². The minimum atomic E-state index is -0.238. The lowest BCUT2D eigenvalue weighted by Gasteiger charge is -2.32. The largest absolute Gasteiger partial charge is 0.338 e. The molecule has 1 unspecified atom stereocenters. The number of aryl methyl sites for hydroxylation is 1. The lowest BCUT2D eigenvalue weighted by Crippen LogP contribution is -2.43. The van der Waals surface area contributed by atoms with Crippen molar-refractivity contribution in [1.29, 1.82) is 0 Å². The molecule has 0 radical (unpaired) electrons. The minimum Gasteiger partial charge on any atom is -0.338 e. The highest BCUT2D eigenvalue weighted by Crippen LogP contribution is 2.24. The van der Waals surface area contributed by atoms with Gasteiger partial charge in [0.15, 0.2) is 0 Å². The predicted molar refractivity (Wildman–Crippen MR) is 105 cm³/mol. The number of benzene rings is 2. The van der Waals surface area contributed by atoms with Crippen LogP contribution in [0.4, 0.5) is 5.69 Å². The third-order valence-electron chi connectivity index (χ3n) is 4.63. The number of rotatable bonds is 3. The molecule has 0 aliphatic carbocycles. The first-order valence-electron chi connectivity index (χ1n) is 8.56. The maximum atomic E-state index is 12.7. The van der Waals surface area contributed by atoms with E-state index in [1.807, 2.05) is 13.0 Å². The fraction of sp³-hybridized carbons (Fsp3) is 0.300. The minimum absolute atomic E-state index is 0.0712. The Labute approximate surface area is 163 Å². The molecule has 4 nitrogen and oxygen atoms in total. The highest BCUT2D eigenvalue weighted by Gasteiger charge is 2.29. The van der Waals surface area contributed by atoms with E-state index in [-0.39, 0.29) is 17.7 Å². The van der Waals surface area contributed by atoms with E-state index in [0.717, 1.165) is 18.4 Å². The zero-order valence-corrected chi connectivity index (χ0v) is 16.0. The van der Waals surface area contributed by atoms with E-state index in [9.17, 15) is 9.59 Å². The number of hydrogen-bond acceptors (Lipinski definition) is 2. The van der Waals surface area contributed by atoms with Crippen LogP contribution in [0.25, 0.3) is 0 Å². The molecule has 1 heterocycles. The number of likely N-dealkylation sites (tertiary alicyclic amines) is 1. The Kier molecular flexibility index (Phi) is 5.84. The molecule has 3 rings (SSSR count). The molecule has 1 atom stereocenters. The quantitative estimate of drug-likeness (QED) is 0.818. The van der Waals surface area contributed by atoms with Crippen molar-refractivity contribution in [2.75, 3.05) is 18.4 Å². The van der Waals surface area contributed by atoms with Gasteiger partial charge in [-0.2, -0.15) is 0 Å². The van der Waals surface area contributed by atoms with Gasteiger partial charge in [-0.25, -0.2) is 0 Å². The van der Waals surface area contributed by atoms with Gasteiger partial charge in [0, 0.05) is 34.4 Å². The van der Waals surface area contributed by atoms with E-state index in [2.05, 4.69) is 5.32 Å². The first kappa shape index (κ1) is 18.7. The first-order valence-corrected chi connectivity index (χ1v) is 9.31. The second-order valence-electron chi connectivity index (χ2n) is 6.55. The Hall–Kier alpha value is -2.04. The molecule has 0 saturated carbocycles. The van der Waals surface area contributed by atoms with Crippen LogP contribution < -0.4 is 5.32 Å². The number of nitrogens with one attached hydrogen (secondary N) is 1. The average molecular weight is 391 g/mol. The number of piperidine rings is 1. The molecule has 2 aromatic carbocycles. The molecular formula is C20H20Cl2N2O2. The zero-order chi connectivity index (χ0) is 18.7. The van der Waals surface area contributed by atoms with Crippen LogP contribution in [0.2, 0.25) is 10.0 Å². The van der Waals surface area contributed by atoms with Crippen LogP contribution in [0.15, 0.2) is 42.5 Å². The summed E-state index contributed by atoms with van der Waals surface area (Å²) in [4.78, 5) is 27.1. The summed E-state index contributed by atoms with van der Waals surface area (Å²) in [6.45, 7) is 2.98. The number of amides is 2. The molecule has 2 amide bonds. The van der Waals surface area contributed by atoms with Gasteiger partial charge in [-0.15, -0.1) is 0 Å². The molecule has 1 aliphatic rings. The Morgan fingerprint density at radius 1 is 1.08 bits per heavy atom. The van der Waals surface area contributed by atoms with Crippen LogP contribution in [0, 0.1) is 12.8 Å². The smallest absolute Gasteiger partial charge is 0.253 e. The van der Waals surface area contributed by atoms with Crippen molar-refractivity contribution in [2.45, 2.75) is 19.8 Å². The highest BCUT2D eigenvalue weighted by molar-refractivity contribution is 6.31. The van der Waals surface area contributed by atoms with Crippen molar-refractivity contribution >= 4 is 40.7 Å². The van der Waals surface area contributed by atoms with Gasteiger partial charge in [0.05, 0.1) is 5.92 Å². The van der Waals surface area contributed by atoms with Gasteiger partial charge in [0.1, 0.15) is 0 Å². The number of hydrogen-bond donors (Lipinski definition) is 1. The van der Waals surface area contributed by atoms with Crippen LogP contribution in [-0.4, -0.2) is 29.8 Å². The fourth-order valence-corrected chi connectivity index (χ4v) is 3.41. The SMILES string of the molecule is Cc1ccc(Cl)cc1NC(=O)C1CCCN(C(=O)c2ccc(Cl)cc2)C1. The monoisotopic (exact) mass is 390 g/mol. The third-order valence-corrected chi connectivity index (χ3v) is 5.12. The normalized spacial score (nSPS) is 17.0. The summed E-state index contributed by atoms with van der Waals surface area (Å²) in [5.74, 6) is -0.388. The Morgan fingerprint density at radius 3 is 2.50 bits per heavy atom. The van der Waals surface area contributed by atoms with Crippen LogP contribution in [0.3, 0.4) is 0 Å². The van der Waals surface area contributed by atoms with Gasteiger partial charge < -0.3 is 10.2 Å². The summed E-state index contributed by atoms with van der Waals surface area (Å²) < 4.78 is 0. The average Bonchev–Trinajstić information content (AvgIpc) is 2.65. The molecule has 1 N–H and O–H groups in total. The summed E-state index contributed by atoms with van der Waals surface area (Å²) in [7, 11) is 0. The van der Waals surface area contributed by atoms with Crippen molar-refractivity contribution in [3.05, 3.63) is 63.6 Å². The van der Waals surface area contributed by atoms with Crippen LogP contribution in [-0.2, 0) is 4.79 Å². The lowest BCUT2D eigenvalue weighted by molar-refractivity contribution is -0.121. The zero-order valence-electron chi connectivity index (χ0n) is 14.5. The Balaban J connectivity index is 1.67. The molecule has 0 spiro atoms. The van der Waals surface area contributed by atoms with Gasteiger partial charge >= 0.3 is 0 Å². The Bertz CT molecular complexity index is 821. The molecule has 136 valence electrons. The van der Waals surface area contributed by atoms with Crippen molar-refractivity contribution in [2.24, 2.45) is 5.92 Å². The molecule has 0 aromatic heterocycles. The number of halogens is 2. The van der Waals surface area contributed by atoms with Gasteiger partial charge in [0.25, 0.3) is 5.91 Å². The van der Waals surface area contributed by atoms with Crippen molar-refractivity contribution in [3.63, 3.8) is 0 Å². The second-order valence-corrected chi connectivity index (χ2v) is 7.42. The van der Waals surface area contributed by atoms with Crippen LogP contribution in [0.5, 0.6) is 0 Å². The molecule has 2 aromatic rings. The molecule has 1 saturated heterocycles. The number of nitrogens with zero attached hydrogens (tertiary/aromatic N) is 1. The van der Waals surface area contributed by atoms with Gasteiger partial charge in [-0.3, -0.25) is 9.59 Å². The summed E-state index contributed by atoms with van der Waals surface area (Å²) in [5.41, 5.74) is 2.25. The maximum Gasteiger partial charge on any atom is 0.253 e. The van der Waals surface area contributed by atoms with Gasteiger partial charge in [-0.1, -0.05) is 29.3 Å². The molecule has 6 heteroatoms. The third kappa shape index (κ3) is 4.37. The predicted octanol–water partition coefficient (Wildman–Crippen LogP) is 4.79. The number of carbonyl (C=O) groups excluding carboxylic acids is 2. The van der Waals surface area contributed by atoms with Crippen LogP contribution >= 0.6 is 23.2 Å². The van der Waals surface area contributed by atoms with Crippen molar-refractivity contribution < 1.29 is 9.59 Å². The van der Waals surface area contributed by atoms with E-state index < -0.39 is 0 Å². The summed E-state index contributed by atoms with van der Waals surface area (Å²) >= 11 is 11.9. The summed E-state index contributed by atoms with van der Waals surface area (Å²) in [5, 5.41) is 4.12. The molecule has 1 aliphatic heterocycles. The van der Waals surface area contributed by atoms with Gasteiger partial charge in [-0.05, 0) is 61.7 Å². The number of carbonyl (C=O) groups is 2. The number of anilines is 1. The van der Waals surface area contributed by atoms with Crippen molar-refractivity contribution in [1.82, 2.24) is 4.90 Å². The highest BCUT2D eigenvalue weighted by atomic mass is 35.5. The molecule has 26 heavy (non-hydrogen) atoms. The van der Waals surface area contributed by atoms with E-state index >= 15 is 0 Å². The fourth-order valence-electron chi connectivity index (χ4n) is 3.11. The van der Waals surface area contributed by atoms with Crippen molar-refractivity contribution in [3.8, 4) is 0 Å². The second kappa shape index (κ2) is 8.11. The Morgan fingerprint density at radius 2 is 1.77 bits per heavy atom. The van der Waals surface area contributed by atoms with E-state index in [0.29, 0.717) is 34.4 Å². The lowest BCUT2D eigenvalue weighted by atomic mass is 9.96. The van der Waals surface area contributed by atoms with Crippen LogP contribution in [0.1, 0.15) is 28.8 Å². The molecule has 0 bridgehead atoms. The first-order chi connectivity index (χ1) is 12.4. The van der Waals surface area contributed by atoms with E-state index in [4.69, 9.17) is 23.2 Å². The topological polar surface area (TPSA) is 49.4 Å². The summed E-state index contributed by atoms with van der Waals surface area (Å²) in [6, 6.07) is 12.2. The molecular weight excluding hydrogens is 371 g/mol. The standard InChI is InChI=1S/C20H20Cl2N2O2/c1-13-4-7-17(22)11-18(13)23-19(25)15-3-2-10-24(12-15)20(26)14-5-8-16(21)9-6-14/h4-9,11,15H,2-3,10,12H2,1H3,(H,23,25). The van der Waals surface area contributed by atoms with E-state index in [1.54, 1.807) is 41.3 Å². The molecule has 1 fully saturated rings. The van der Waals surface area contributed by atoms with E-state index in [1.165, 1.54) is 0 Å². The summed E-state index contributed by atoms with van der Waals surface area (Å²) in [6.07, 6.45) is 1.56. The maximum absolute atomic E-state index is 12.7.